The van der Waals surface area contributed by atoms with Gasteiger partial charge in [-0.05, 0) is 32.8 Å². The summed E-state index contributed by atoms with van der Waals surface area (Å²) >= 11 is 0. The number of carbonyl (C=O) groups is 1. The van der Waals surface area contributed by atoms with Gasteiger partial charge in [-0.25, -0.2) is 0 Å². The fourth-order valence-electron chi connectivity index (χ4n) is 2.66. The second kappa shape index (κ2) is 9.50. The molecular formula is C20H35NO3Si. The lowest BCUT2D eigenvalue weighted by Gasteiger charge is -2.28. The number of benzene rings is 1. The Morgan fingerprint density at radius 1 is 1.20 bits per heavy atom. The van der Waals surface area contributed by atoms with Gasteiger partial charge in [-0.15, -0.1) is 0 Å². The van der Waals surface area contributed by atoms with Gasteiger partial charge in [0.2, 0.25) is 0 Å². The molecule has 0 aromatic heterocycles. The van der Waals surface area contributed by atoms with E-state index < -0.39 is 13.7 Å². The van der Waals surface area contributed by atoms with Crippen LogP contribution in [0, 0.1) is 0 Å². The average Bonchev–Trinajstić information content (AvgIpc) is 2.48. The molecule has 0 saturated carbocycles. The summed E-state index contributed by atoms with van der Waals surface area (Å²) in [6, 6.07) is 10.8. The zero-order chi connectivity index (χ0) is 19.1. The largest absolute Gasteiger partial charge is 0.460 e. The molecule has 0 bridgehead atoms. The summed E-state index contributed by atoms with van der Waals surface area (Å²) in [5.74, 6) is -0.190. The van der Waals surface area contributed by atoms with Crippen LogP contribution in [-0.4, -0.2) is 37.4 Å². The first kappa shape index (κ1) is 21.9. The monoisotopic (exact) mass is 365 g/mol. The van der Waals surface area contributed by atoms with Crippen LogP contribution in [0.3, 0.4) is 0 Å². The maximum atomic E-state index is 12.3. The van der Waals surface area contributed by atoms with E-state index in [9.17, 15) is 9.90 Å². The van der Waals surface area contributed by atoms with Crippen molar-refractivity contribution < 1.29 is 14.6 Å². The zero-order valence-corrected chi connectivity index (χ0v) is 17.6. The van der Waals surface area contributed by atoms with E-state index in [1.807, 2.05) is 51.1 Å². The highest BCUT2D eigenvalue weighted by atomic mass is 28.3. The molecule has 2 N–H and O–H groups in total. The third kappa shape index (κ3) is 9.77. The first-order valence-electron chi connectivity index (χ1n) is 9.14. The first-order valence-corrected chi connectivity index (χ1v) is 12.8. The van der Waals surface area contributed by atoms with Crippen molar-refractivity contribution in [2.45, 2.75) is 77.0 Å². The lowest BCUT2D eigenvalue weighted by atomic mass is 10.0. The van der Waals surface area contributed by atoms with Crippen LogP contribution in [0.15, 0.2) is 30.3 Å². The predicted molar refractivity (Wildman–Crippen MR) is 106 cm³/mol. The fraction of sp³-hybridized carbons (Fsp3) is 0.650. The van der Waals surface area contributed by atoms with Crippen molar-refractivity contribution in [3.8, 4) is 0 Å². The molecule has 0 fully saturated rings. The van der Waals surface area contributed by atoms with E-state index in [-0.39, 0.29) is 24.7 Å². The number of aliphatic hydroxyl groups excluding tert-OH is 1. The van der Waals surface area contributed by atoms with Gasteiger partial charge in [0.25, 0.3) is 0 Å². The van der Waals surface area contributed by atoms with Crippen LogP contribution in [0.2, 0.25) is 25.7 Å². The van der Waals surface area contributed by atoms with Gasteiger partial charge in [0, 0.05) is 14.1 Å². The molecule has 142 valence electrons. The van der Waals surface area contributed by atoms with E-state index in [0.29, 0.717) is 6.42 Å². The Morgan fingerprint density at radius 3 is 2.28 bits per heavy atom. The third-order valence-corrected chi connectivity index (χ3v) is 5.69. The fourth-order valence-corrected chi connectivity index (χ4v) is 3.87. The van der Waals surface area contributed by atoms with Crippen molar-refractivity contribution in [2.75, 3.05) is 6.61 Å². The van der Waals surface area contributed by atoms with E-state index >= 15 is 0 Å². The van der Waals surface area contributed by atoms with Gasteiger partial charge in [-0.1, -0.05) is 56.0 Å². The molecule has 1 aromatic carbocycles. The van der Waals surface area contributed by atoms with Crippen molar-refractivity contribution >= 4 is 14.0 Å². The molecule has 0 aliphatic heterocycles. The van der Waals surface area contributed by atoms with Gasteiger partial charge in [0.15, 0.2) is 0 Å². The minimum atomic E-state index is -1.21. The maximum Gasteiger partial charge on any atom is 0.307 e. The highest BCUT2D eigenvalue weighted by Crippen LogP contribution is 2.20. The van der Waals surface area contributed by atoms with Crippen LogP contribution in [0.25, 0.3) is 0 Å². The van der Waals surface area contributed by atoms with E-state index in [1.54, 1.807) is 0 Å². The Bertz CT molecular complexity index is 520. The van der Waals surface area contributed by atoms with E-state index in [2.05, 4.69) is 25.0 Å². The number of hydrogen-bond acceptors (Lipinski definition) is 4. The molecule has 0 aliphatic carbocycles. The van der Waals surface area contributed by atoms with E-state index in [4.69, 9.17) is 4.74 Å². The normalized spacial score (nSPS) is 14.8. The molecule has 0 aliphatic rings. The SMILES string of the molecule is CC(C)(C)OC(=O)C[C@@H](CC[Si](C)(C)C)NC(CO)c1ccccc1. The Kier molecular flexibility index (Phi) is 8.31. The summed E-state index contributed by atoms with van der Waals surface area (Å²) in [6.07, 6.45) is 1.24. The molecule has 0 spiro atoms. The highest BCUT2D eigenvalue weighted by Gasteiger charge is 2.25. The van der Waals surface area contributed by atoms with Gasteiger partial charge in [0.05, 0.1) is 19.1 Å². The van der Waals surface area contributed by atoms with Crippen LogP contribution in [0.1, 0.15) is 45.2 Å². The average molecular weight is 366 g/mol. The van der Waals surface area contributed by atoms with Crippen LogP contribution < -0.4 is 5.32 Å². The molecule has 1 unspecified atom stereocenters. The summed E-state index contributed by atoms with van der Waals surface area (Å²) in [5.41, 5.74) is 0.558. The number of rotatable bonds is 9. The summed E-state index contributed by atoms with van der Waals surface area (Å²) in [7, 11) is -1.21. The smallest absolute Gasteiger partial charge is 0.307 e. The van der Waals surface area contributed by atoms with Gasteiger partial charge in [0.1, 0.15) is 5.60 Å². The minimum Gasteiger partial charge on any atom is -0.460 e. The minimum absolute atomic E-state index is 0.000990. The van der Waals surface area contributed by atoms with Gasteiger partial charge < -0.3 is 15.2 Å². The summed E-state index contributed by atoms with van der Waals surface area (Å²) in [4.78, 5) is 12.3. The first-order chi connectivity index (χ1) is 11.5. The molecule has 4 nitrogen and oxygen atoms in total. The molecule has 5 heteroatoms. The summed E-state index contributed by atoms with van der Waals surface area (Å²) in [6.45, 7) is 12.7. The Balaban J connectivity index is 2.80. The predicted octanol–water partition coefficient (Wildman–Crippen LogP) is 4.14. The Labute approximate surface area is 154 Å². The quantitative estimate of drug-likeness (QED) is 0.510. The molecule has 0 heterocycles. The molecule has 25 heavy (non-hydrogen) atoms. The van der Waals surface area contributed by atoms with Crippen molar-refractivity contribution in [1.29, 1.82) is 0 Å². The van der Waals surface area contributed by atoms with Crippen molar-refractivity contribution in [3.63, 3.8) is 0 Å². The Morgan fingerprint density at radius 2 is 1.80 bits per heavy atom. The van der Waals surface area contributed by atoms with Gasteiger partial charge in [-0.2, -0.15) is 0 Å². The molecule has 0 radical (unpaired) electrons. The third-order valence-electron chi connectivity index (χ3n) is 3.90. The van der Waals surface area contributed by atoms with Crippen LogP contribution in [0.4, 0.5) is 0 Å². The topological polar surface area (TPSA) is 58.6 Å². The van der Waals surface area contributed by atoms with Gasteiger partial charge >= 0.3 is 5.97 Å². The van der Waals surface area contributed by atoms with Gasteiger partial charge in [-0.3, -0.25) is 4.79 Å². The second-order valence-corrected chi connectivity index (χ2v) is 14.5. The number of hydrogen-bond donors (Lipinski definition) is 2. The van der Waals surface area contributed by atoms with E-state index in [1.165, 1.54) is 0 Å². The molecule has 1 rings (SSSR count). The number of nitrogens with one attached hydrogen (secondary N) is 1. The number of esters is 1. The van der Waals surface area contributed by atoms with Crippen molar-refractivity contribution in [1.82, 2.24) is 5.32 Å². The van der Waals surface area contributed by atoms with Crippen LogP contribution in [-0.2, 0) is 9.53 Å². The molecule has 0 saturated heterocycles. The maximum absolute atomic E-state index is 12.3. The van der Waals surface area contributed by atoms with Crippen molar-refractivity contribution in [3.05, 3.63) is 35.9 Å². The Hall–Kier alpha value is -1.17. The molecule has 0 amide bonds. The van der Waals surface area contributed by atoms with Crippen LogP contribution in [0.5, 0.6) is 0 Å². The highest BCUT2D eigenvalue weighted by molar-refractivity contribution is 6.76. The molecule has 2 atom stereocenters. The lowest BCUT2D eigenvalue weighted by Crippen LogP contribution is -2.39. The number of carbonyl (C=O) groups excluding carboxylic acids is 1. The lowest BCUT2D eigenvalue weighted by molar-refractivity contribution is -0.155. The van der Waals surface area contributed by atoms with Crippen LogP contribution >= 0.6 is 0 Å². The summed E-state index contributed by atoms with van der Waals surface area (Å²) < 4.78 is 5.49. The standard InChI is InChI=1S/C20H35NO3Si/c1-20(2,3)24-19(23)14-17(12-13-25(4,5)6)21-18(15-22)16-10-8-7-9-11-16/h7-11,17-18,21-22H,12-15H2,1-6H3/t17-,18?/m1/s1. The molecule has 1 aromatic rings. The second-order valence-electron chi connectivity index (χ2n) is 8.90. The number of ether oxygens (including phenoxy) is 1. The zero-order valence-electron chi connectivity index (χ0n) is 16.6. The van der Waals surface area contributed by atoms with Crippen molar-refractivity contribution in [2.24, 2.45) is 0 Å². The van der Waals surface area contributed by atoms with E-state index in [0.717, 1.165) is 18.0 Å². The molecular weight excluding hydrogens is 330 g/mol. The summed E-state index contributed by atoms with van der Waals surface area (Å²) in [5, 5.41) is 13.3. The number of aliphatic hydroxyl groups is 1.